The highest BCUT2D eigenvalue weighted by molar-refractivity contribution is 5.17. The molecule has 1 aliphatic heterocycles. The van der Waals surface area contributed by atoms with E-state index in [0.29, 0.717) is 5.92 Å². The molecule has 1 heterocycles. The van der Waals surface area contributed by atoms with Crippen LogP contribution in [0.3, 0.4) is 0 Å². The topological polar surface area (TPSA) is 3.24 Å². The number of allylic oxidation sites excluding steroid dienone is 2. The maximum absolute atomic E-state index is 4.24. The minimum atomic E-state index is 0.685. The third kappa shape index (κ3) is 3.58. The molecule has 1 aromatic carbocycles. The molecule has 2 rings (SSSR count). The lowest BCUT2D eigenvalue weighted by Gasteiger charge is -2.15. The third-order valence-corrected chi connectivity index (χ3v) is 3.65. The number of likely N-dealkylation sites (tertiary alicyclic amines) is 1. The largest absolute Gasteiger partial charge is 0.295 e. The molecule has 0 radical (unpaired) electrons. The third-order valence-electron chi connectivity index (χ3n) is 3.65. The molecular weight excluding hydrogens is 218 g/mol. The average Bonchev–Trinajstić information content (AvgIpc) is 2.71. The minimum Gasteiger partial charge on any atom is -0.295 e. The average molecular weight is 241 g/mol. The first-order chi connectivity index (χ1) is 8.79. The highest BCUT2D eigenvalue weighted by atomic mass is 15.1. The van der Waals surface area contributed by atoms with Crippen molar-refractivity contribution in [1.29, 1.82) is 0 Å². The minimum absolute atomic E-state index is 0.685. The van der Waals surface area contributed by atoms with Crippen LogP contribution in [0.5, 0.6) is 0 Å². The summed E-state index contributed by atoms with van der Waals surface area (Å²) < 4.78 is 0. The second kappa shape index (κ2) is 6.55. The van der Waals surface area contributed by atoms with Crippen LogP contribution in [-0.4, -0.2) is 18.0 Å². The van der Waals surface area contributed by atoms with Gasteiger partial charge in [0.1, 0.15) is 0 Å². The Kier molecular flexibility index (Phi) is 4.77. The van der Waals surface area contributed by atoms with Crippen molar-refractivity contribution in [1.82, 2.24) is 4.90 Å². The van der Waals surface area contributed by atoms with Crippen molar-refractivity contribution < 1.29 is 0 Å². The van der Waals surface area contributed by atoms with Crippen molar-refractivity contribution in [2.45, 2.75) is 26.3 Å². The molecule has 1 heteroatoms. The van der Waals surface area contributed by atoms with E-state index in [0.717, 1.165) is 13.1 Å². The van der Waals surface area contributed by atoms with Gasteiger partial charge in [0.05, 0.1) is 0 Å². The van der Waals surface area contributed by atoms with E-state index in [1.54, 1.807) is 0 Å². The van der Waals surface area contributed by atoms with Gasteiger partial charge in [-0.15, -0.1) is 0 Å². The monoisotopic (exact) mass is 241 g/mol. The van der Waals surface area contributed by atoms with E-state index in [-0.39, 0.29) is 0 Å². The van der Waals surface area contributed by atoms with E-state index in [4.69, 9.17) is 0 Å². The van der Waals surface area contributed by atoms with Gasteiger partial charge in [-0.25, -0.2) is 0 Å². The van der Waals surface area contributed by atoms with Crippen LogP contribution >= 0.6 is 0 Å². The fraction of sp³-hybridized carbons (Fsp3) is 0.412. The molecule has 96 valence electrons. The van der Waals surface area contributed by atoms with E-state index in [9.17, 15) is 0 Å². The van der Waals surface area contributed by atoms with Gasteiger partial charge in [0, 0.05) is 19.6 Å². The van der Waals surface area contributed by atoms with E-state index >= 15 is 0 Å². The van der Waals surface area contributed by atoms with Gasteiger partial charge in [0.2, 0.25) is 0 Å². The summed E-state index contributed by atoms with van der Waals surface area (Å²) in [5.74, 6) is 0.685. The molecule has 0 spiro atoms. The molecule has 1 aliphatic rings. The highest BCUT2D eigenvalue weighted by Crippen LogP contribution is 2.26. The van der Waals surface area contributed by atoms with Crippen LogP contribution in [0.15, 0.2) is 54.6 Å². The standard InChI is InChI=1S/C17H23N/c1-3-4-6-11-17-14-18(12-15(17)2)13-16-9-7-5-8-10-16/h3-5,7-10,17H,2,6,11-14H2,1H3/b4-3+. The Morgan fingerprint density at radius 2 is 2.11 bits per heavy atom. The molecule has 0 aliphatic carbocycles. The molecule has 1 atom stereocenters. The van der Waals surface area contributed by atoms with E-state index in [1.165, 1.54) is 30.5 Å². The number of benzene rings is 1. The zero-order chi connectivity index (χ0) is 12.8. The second-order valence-electron chi connectivity index (χ2n) is 5.16. The summed E-state index contributed by atoms with van der Waals surface area (Å²) in [7, 11) is 0. The molecule has 1 fully saturated rings. The number of nitrogens with zero attached hydrogens (tertiary/aromatic N) is 1. The molecule has 1 aromatic rings. The molecule has 0 N–H and O–H groups in total. The first-order valence-electron chi connectivity index (χ1n) is 6.84. The van der Waals surface area contributed by atoms with E-state index in [2.05, 4.69) is 60.9 Å². The Labute approximate surface area is 111 Å². The summed E-state index contributed by atoms with van der Waals surface area (Å²) in [5.41, 5.74) is 2.81. The molecule has 1 saturated heterocycles. The van der Waals surface area contributed by atoms with Gasteiger partial charge in [-0.1, -0.05) is 54.6 Å². The summed E-state index contributed by atoms with van der Waals surface area (Å²) in [6.07, 6.45) is 6.82. The smallest absolute Gasteiger partial charge is 0.0237 e. The van der Waals surface area contributed by atoms with Gasteiger partial charge in [-0.2, -0.15) is 0 Å². The molecule has 1 unspecified atom stereocenters. The maximum atomic E-state index is 4.24. The second-order valence-corrected chi connectivity index (χ2v) is 5.16. The molecule has 18 heavy (non-hydrogen) atoms. The normalized spacial score (nSPS) is 20.9. The molecule has 0 aromatic heterocycles. The van der Waals surface area contributed by atoms with Crippen LogP contribution in [0, 0.1) is 5.92 Å². The number of hydrogen-bond acceptors (Lipinski definition) is 1. The van der Waals surface area contributed by atoms with Crippen LogP contribution in [0.2, 0.25) is 0 Å². The first kappa shape index (κ1) is 13.1. The molecule has 0 amide bonds. The van der Waals surface area contributed by atoms with Crippen molar-refractivity contribution in [3.05, 3.63) is 60.2 Å². The molecule has 0 saturated carbocycles. The van der Waals surface area contributed by atoms with E-state index in [1.807, 2.05) is 0 Å². The molecule has 0 bridgehead atoms. The quantitative estimate of drug-likeness (QED) is 0.703. The van der Waals surface area contributed by atoms with Gasteiger partial charge in [-0.05, 0) is 31.2 Å². The Hall–Kier alpha value is -1.34. The Morgan fingerprint density at radius 1 is 1.33 bits per heavy atom. The molecular formula is C17H23N. The van der Waals surface area contributed by atoms with Crippen molar-refractivity contribution in [2.75, 3.05) is 13.1 Å². The maximum Gasteiger partial charge on any atom is 0.0237 e. The lowest BCUT2D eigenvalue weighted by molar-refractivity contribution is 0.314. The van der Waals surface area contributed by atoms with Gasteiger partial charge in [0.25, 0.3) is 0 Å². The Morgan fingerprint density at radius 3 is 2.83 bits per heavy atom. The van der Waals surface area contributed by atoms with Crippen molar-refractivity contribution in [3.63, 3.8) is 0 Å². The van der Waals surface area contributed by atoms with Gasteiger partial charge in [-0.3, -0.25) is 4.90 Å². The lowest BCUT2D eigenvalue weighted by Crippen LogP contribution is -2.20. The van der Waals surface area contributed by atoms with Crippen LogP contribution in [0.25, 0.3) is 0 Å². The van der Waals surface area contributed by atoms with Crippen LogP contribution in [0.1, 0.15) is 25.3 Å². The summed E-state index contributed by atoms with van der Waals surface area (Å²) in [4.78, 5) is 2.51. The zero-order valence-electron chi connectivity index (χ0n) is 11.3. The van der Waals surface area contributed by atoms with Crippen LogP contribution in [0.4, 0.5) is 0 Å². The lowest BCUT2D eigenvalue weighted by atomic mass is 9.99. The zero-order valence-corrected chi connectivity index (χ0v) is 11.3. The number of hydrogen-bond donors (Lipinski definition) is 0. The predicted molar refractivity (Wildman–Crippen MR) is 78.4 cm³/mol. The first-order valence-corrected chi connectivity index (χ1v) is 6.84. The summed E-state index contributed by atoms with van der Waals surface area (Å²) >= 11 is 0. The summed E-state index contributed by atoms with van der Waals surface area (Å²) in [6, 6.07) is 10.7. The fourth-order valence-corrected chi connectivity index (χ4v) is 2.64. The van der Waals surface area contributed by atoms with Crippen LogP contribution < -0.4 is 0 Å². The Balaban J connectivity index is 1.85. The predicted octanol–water partition coefficient (Wildman–Crippen LogP) is 4.03. The fourth-order valence-electron chi connectivity index (χ4n) is 2.64. The van der Waals surface area contributed by atoms with Gasteiger partial charge in [0.15, 0.2) is 0 Å². The van der Waals surface area contributed by atoms with Crippen molar-refractivity contribution >= 4 is 0 Å². The highest BCUT2D eigenvalue weighted by Gasteiger charge is 2.24. The van der Waals surface area contributed by atoms with Crippen LogP contribution in [-0.2, 0) is 6.54 Å². The SMILES string of the molecule is C=C1CN(Cc2ccccc2)CC1CC/C=C/C. The van der Waals surface area contributed by atoms with Crippen molar-refractivity contribution in [3.8, 4) is 0 Å². The van der Waals surface area contributed by atoms with Gasteiger partial charge < -0.3 is 0 Å². The van der Waals surface area contributed by atoms with Crippen molar-refractivity contribution in [2.24, 2.45) is 5.92 Å². The van der Waals surface area contributed by atoms with Gasteiger partial charge >= 0.3 is 0 Å². The summed E-state index contributed by atoms with van der Waals surface area (Å²) in [5, 5.41) is 0. The molecule has 1 nitrogen and oxygen atoms in total. The number of rotatable bonds is 5. The van der Waals surface area contributed by atoms with E-state index < -0.39 is 0 Å². The Bertz CT molecular complexity index is 405. The summed E-state index contributed by atoms with van der Waals surface area (Å²) in [6.45, 7) is 9.62.